The number of hydrogen-bond donors (Lipinski definition) is 0. The van der Waals surface area contributed by atoms with Crippen LogP contribution < -0.4 is 5.06 Å². The second-order valence-corrected chi connectivity index (χ2v) is 4.69. The molecule has 0 saturated heterocycles. The number of benzene rings is 2. The van der Waals surface area contributed by atoms with Gasteiger partial charge in [-0.15, -0.1) is 0 Å². The molecule has 99 valence electrons. The van der Waals surface area contributed by atoms with E-state index in [0.29, 0.717) is 0 Å². The Morgan fingerprint density at radius 1 is 1.11 bits per heavy atom. The topological polar surface area (TPSA) is 12.5 Å². The van der Waals surface area contributed by atoms with Crippen molar-refractivity contribution in [3.8, 4) is 11.1 Å². The molecule has 2 nitrogen and oxygen atoms in total. The predicted octanol–water partition coefficient (Wildman–Crippen LogP) is 4.32. The highest BCUT2D eigenvalue weighted by Gasteiger charge is 2.08. The summed E-state index contributed by atoms with van der Waals surface area (Å²) < 4.78 is 0. The lowest BCUT2D eigenvalue weighted by atomic mass is 10.1. The zero-order chi connectivity index (χ0) is 13.7. The molecule has 0 atom stereocenters. The summed E-state index contributed by atoms with van der Waals surface area (Å²) >= 11 is 0. The lowest BCUT2D eigenvalue weighted by Gasteiger charge is -2.25. The van der Waals surface area contributed by atoms with Gasteiger partial charge in [-0.2, -0.15) is 0 Å². The molecule has 2 heteroatoms. The van der Waals surface area contributed by atoms with Crippen LogP contribution >= 0.6 is 0 Å². The van der Waals surface area contributed by atoms with Crippen LogP contribution in [0.1, 0.15) is 20.8 Å². The van der Waals surface area contributed by atoms with Crippen LogP contribution in [0.15, 0.2) is 48.5 Å². The largest absolute Gasteiger partial charge is 0.271 e. The van der Waals surface area contributed by atoms with Crippen molar-refractivity contribution in [2.24, 2.45) is 0 Å². The fraction of sp³-hybridized carbons (Fsp3) is 0.294. The van der Waals surface area contributed by atoms with E-state index < -0.39 is 0 Å². The molecule has 0 bridgehead atoms. The first kappa shape index (κ1) is 13.6. The third-order valence-electron chi connectivity index (χ3n) is 2.81. The average Bonchev–Trinajstić information content (AvgIpc) is 2.45. The Hall–Kier alpha value is -1.80. The van der Waals surface area contributed by atoms with Gasteiger partial charge < -0.3 is 0 Å². The van der Waals surface area contributed by atoms with Gasteiger partial charge in [-0.3, -0.25) is 9.90 Å². The van der Waals surface area contributed by atoms with E-state index in [-0.39, 0.29) is 6.10 Å². The Bertz CT molecular complexity index is 508. The first-order valence-corrected chi connectivity index (χ1v) is 6.71. The molecule has 1 radical (unpaired) electrons. The monoisotopic (exact) mass is 254 g/mol. The van der Waals surface area contributed by atoms with Crippen molar-refractivity contribution >= 4 is 5.69 Å². The Balaban J connectivity index is 2.28. The predicted molar refractivity (Wildman–Crippen MR) is 80.0 cm³/mol. The lowest BCUT2D eigenvalue weighted by Crippen LogP contribution is -2.26. The second-order valence-electron chi connectivity index (χ2n) is 4.69. The highest BCUT2D eigenvalue weighted by Crippen LogP contribution is 2.25. The fourth-order valence-electron chi connectivity index (χ4n) is 1.99. The molecule has 2 rings (SSSR count). The van der Waals surface area contributed by atoms with E-state index in [2.05, 4.69) is 49.4 Å². The smallest absolute Gasteiger partial charge is 0.0800 e. The first-order chi connectivity index (χ1) is 9.20. The van der Waals surface area contributed by atoms with Crippen molar-refractivity contribution in [3.63, 3.8) is 0 Å². The molecule has 0 N–H and O–H groups in total. The van der Waals surface area contributed by atoms with Crippen molar-refractivity contribution in [2.45, 2.75) is 26.9 Å². The summed E-state index contributed by atoms with van der Waals surface area (Å²) in [5.41, 5.74) is 3.47. The van der Waals surface area contributed by atoms with E-state index in [4.69, 9.17) is 4.84 Å². The molecule has 0 spiro atoms. The summed E-state index contributed by atoms with van der Waals surface area (Å²) in [5.74, 6) is 0. The number of anilines is 1. The highest BCUT2D eigenvalue weighted by molar-refractivity contribution is 5.68. The van der Waals surface area contributed by atoms with Crippen LogP contribution in [0.5, 0.6) is 0 Å². The fourth-order valence-corrected chi connectivity index (χ4v) is 1.99. The second kappa shape index (κ2) is 6.39. The van der Waals surface area contributed by atoms with Gasteiger partial charge in [-0.1, -0.05) is 36.4 Å². The van der Waals surface area contributed by atoms with Crippen LogP contribution in [0.2, 0.25) is 0 Å². The minimum atomic E-state index is 0.176. The molecule has 0 aromatic heterocycles. The van der Waals surface area contributed by atoms with Gasteiger partial charge in [0.1, 0.15) is 0 Å². The molecule has 0 aliphatic carbocycles. The molecule has 0 heterocycles. The first-order valence-electron chi connectivity index (χ1n) is 6.71. The van der Waals surface area contributed by atoms with Gasteiger partial charge in [0.2, 0.25) is 0 Å². The highest BCUT2D eigenvalue weighted by atomic mass is 16.7. The Labute approximate surface area is 115 Å². The summed E-state index contributed by atoms with van der Waals surface area (Å²) in [6, 6.07) is 19.5. The van der Waals surface area contributed by atoms with Gasteiger partial charge in [0.05, 0.1) is 11.8 Å². The van der Waals surface area contributed by atoms with E-state index in [1.54, 1.807) is 0 Å². The molecule has 2 aromatic rings. The van der Waals surface area contributed by atoms with Gasteiger partial charge in [0.15, 0.2) is 0 Å². The van der Waals surface area contributed by atoms with E-state index >= 15 is 0 Å². The van der Waals surface area contributed by atoms with Crippen LogP contribution in [0.25, 0.3) is 11.1 Å². The SMILES string of the molecule is CCN(OC(C)C)c1cccc(-c2cc[c]cc2)c1. The summed E-state index contributed by atoms with van der Waals surface area (Å²) in [7, 11) is 0. The van der Waals surface area contributed by atoms with Gasteiger partial charge >= 0.3 is 0 Å². The molecular formula is C17H20NO. The Morgan fingerprint density at radius 3 is 2.47 bits per heavy atom. The Kier molecular flexibility index (Phi) is 4.58. The van der Waals surface area contributed by atoms with E-state index in [1.165, 1.54) is 11.1 Å². The molecule has 2 aromatic carbocycles. The minimum Gasteiger partial charge on any atom is -0.271 e. The molecule has 0 amide bonds. The molecule has 0 fully saturated rings. The van der Waals surface area contributed by atoms with Crippen LogP contribution in [-0.4, -0.2) is 12.6 Å². The average molecular weight is 254 g/mol. The molecule has 0 unspecified atom stereocenters. The quantitative estimate of drug-likeness (QED) is 0.737. The van der Waals surface area contributed by atoms with E-state index in [9.17, 15) is 0 Å². The normalized spacial score (nSPS) is 10.7. The van der Waals surface area contributed by atoms with Gasteiger partial charge in [-0.05, 0) is 50.1 Å². The minimum absolute atomic E-state index is 0.176. The standard InChI is InChI=1S/C17H20NO/c1-4-18(19-14(2)3)17-12-8-11-16(13-17)15-9-6-5-7-10-15/h6-14H,4H2,1-3H3. The number of hydrogen-bond acceptors (Lipinski definition) is 2. The molecule has 0 aliphatic heterocycles. The van der Waals surface area contributed by atoms with Crippen molar-refractivity contribution in [1.29, 1.82) is 0 Å². The third kappa shape index (κ3) is 3.58. The molecular weight excluding hydrogens is 234 g/mol. The third-order valence-corrected chi connectivity index (χ3v) is 2.81. The van der Waals surface area contributed by atoms with Crippen LogP contribution in [0.3, 0.4) is 0 Å². The molecule has 19 heavy (non-hydrogen) atoms. The van der Waals surface area contributed by atoms with Crippen LogP contribution in [0, 0.1) is 6.07 Å². The van der Waals surface area contributed by atoms with Crippen molar-refractivity contribution < 1.29 is 4.84 Å². The van der Waals surface area contributed by atoms with E-state index in [1.807, 2.05) is 31.0 Å². The van der Waals surface area contributed by atoms with Crippen LogP contribution in [0.4, 0.5) is 5.69 Å². The maximum Gasteiger partial charge on any atom is 0.0800 e. The van der Waals surface area contributed by atoms with E-state index in [0.717, 1.165) is 12.2 Å². The summed E-state index contributed by atoms with van der Waals surface area (Å²) in [6.07, 6.45) is 0.176. The maximum absolute atomic E-state index is 5.80. The van der Waals surface area contributed by atoms with Crippen molar-refractivity contribution in [2.75, 3.05) is 11.6 Å². The van der Waals surface area contributed by atoms with Gasteiger partial charge in [0, 0.05) is 6.54 Å². The van der Waals surface area contributed by atoms with Crippen molar-refractivity contribution in [3.05, 3.63) is 54.6 Å². The zero-order valence-electron chi connectivity index (χ0n) is 11.8. The van der Waals surface area contributed by atoms with Gasteiger partial charge in [-0.25, -0.2) is 0 Å². The summed E-state index contributed by atoms with van der Waals surface area (Å²) in [5, 5.41) is 1.93. The molecule has 0 saturated carbocycles. The lowest BCUT2D eigenvalue weighted by molar-refractivity contribution is 0.0581. The zero-order valence-corrected chi connectivity index (χ0v) is 11.8. The summed E-state index contributed by atoms with van der Waals surface area (Å²) in [4.78, 5) is 5.80. The van der Waals surface area contributed by atoms with Crippen molar-refractivity contribution in [1.82, 2.24) is 0 Å². The molecule has 0 aliphatic rings. The Morgan fingerprint density at radius 2 is 1.84 bits per heavy atom. The number of rotatable bonds is 5. The maximum atomic E-state index is 5.80. The summed E-state index contributed by atoms with van der Waals surface area (Å²) in [6.45, 7) is 7.00. The van der Waals surface area contributed by atoms with Gasteiger partial charge in [0.25, 0.3) is 0 Å². The number of hydroxylamine groups is 1. The van der Waals surface area contributed by atoms with Crippen LogP contribution in [-0.2, 0) is 4.84 Å². The number of nitrogens with zero attached hydrogens (tertiary/aromatic N) is 1.